The third-order valence-corrected chi connectivity index (χ3v) is 7.91. The first-order valence-corrected chi connectivity index (χ1v) is 13.1. The number of hydrogen-bond acceptors (Lipinski definition) is 6. The second-order valence-corrected chi connectivity index (χ2v) is 11.0. The van der Waals surface area contributed by atoms with Crippen molar-refractivity contribution in [3.05, 3.63) is 66.0 Å². The Morgan fingerprint density at radius 3 is 2.15 bits per heavy atom. The van der Waals surface area contributed by atoms with Gasteiger partial charge in [0.05, 0.1) is 17.1 Å². The Labute approximate surface area is 197 Å². The van der Waals surface area contributed by atoms with Gasteiger partial charge in [0.2, 0.25) is 5.95 Å². The van der Waals surface area contributed by atoms with Gasteiger partial charge in [0, 0.05) is 49.8 Å². The fourth-order valence-corrected chi connectivity index (χ4v) is 5.35. The summed E-state index contributed by atoms with van der Waals surface area (Å²) in [5.41, 5.74) is 1.16. The quantitative estimate of drug-likeness (QED) is 0.501. The van der Waals surface area contributed by atoms with Gasteiger partial charge in [0.1, 0.15) is 17.4 Å². The minimum Gasteiger partial charge on any atom is -0.493 e. The van der Waals surface area contributed by atoms with Crippen molar-refractivity contribution in [1.29, 1.82) is 0 Å². The molecule has 1 unspecified atom stereocenters. The van der Waals surface area contributed by atoms with Crippen LogP contribution in [0.2, 0.25) is 0 Å². The number of benzene rings is 2. The number of anilines is 1. The van der Waals surface area contributed by atoms with E-state index in [0.29, 0.717) is 24.4 Å². The molecule has 2 aromatic carbocycles. The average Bonchev–Trinajstić information content (AvgIpc) is 3.25. The van der Waals surface area contributed by atoms with Gasteiger partial charge in [-0.05, 0) is 41.5 Å². The summed E-state index contributed by atoms with van der Waals surface area (Å²) in [6, 6.07) is 7.83. The summed E-state index contributed by atoms with van der Waals surface area (Å²) in [6.45, 7) is 4.18. The van der Waals surface area contributed by atoms with Crippen LogP contribution in [0, 0.1) is 29.4 Å². The number of rotatable bonds is 7. The summed E-state index contributed by atoms with van der Waals surface area (Å²) >= 11 is 0. The number of aromatic nitrogens is 2. The highest BCUT2D eigenvalue weighted by molar-refractivity contribution is 7.90. The Bertz CT molecular complexity index is 1280. The van der Waals surface area contributed by atoms with Crippen molar-refractivity contribution >= 4 is 15.8 Å². The molecule has 2 fully saturated rings. The molecule has 0 N–H and O–H groups in total. The number of hydrogen-bond donors (Lipinski definition) is 0. The SMILES string of the molecule is CCc1cnc(N2CC3[C@@H](COc4cc(F)c(-c5ccc(S(C)(=O)=O)cc5)c(F)c4)[C@@H]3C2)nc1. The van der Waals surface area contributed by atoms with Crippen LogP contribution in [0.4, 0.5) is 14.7 Å². The molecule has 9 heteroatoms. The molecule has 1 aromatic heterocycles. The molecule has 3 atom stereocenters. The Hall–Kier alpha value is -3.07. The molecule has 0 amide bonds. The first-order valence-electron chi connectivity index (χ1n) is 11.2. The van der Waals surface area contributed by atoms with Crippen LogP contribution in [0.15, 0.2) is 53.7 Å². The van der Waals surface area contributed by atoms with Crippen molar-refractivity contribution < 1.29 is 21.9 Å². The van der Waals surface area contributed by atoms with Crippen molar-refractivity contribution in [2.75, 3.05) is 30.9 Å². The maximum atomic E-state index is 14.7. The molecule has 1 saturated heterocycles. The van der Waals surface area contributed by atoms with Gasteiger partial charge in [-0.1, -0.05) is 19.1 Å². The minimum atomic E-state index is -3.38. The monoisotopic (exact) mass is 485 g/mol. The van der Waals surface area contributed by atoms with E-state index in [-0.39, 0.29) is 21.8 Å². The standard InChI is InChI=1S/C25H25F2N3O3S/c1-3-15-10-28-25(29-11-15)30-12-19-20(13-30)21(19)14-33-17-8-22(26)24(23(27)9-17)16-4-6-18(7-5-16)34(2,31)32/h4-11,19-21H,3,12-14H2,1-2H3/t19-,20?,21+/m1/s1. The van der Waals surface area contributed by atoms with Crippen molar-refractivity contribution in [3.8, 4) is 16.9 Å². The zero-order chi connectivity index (χ0) is 24.0. The molecule has 0 bridgehead atoms. The molecule has 6 nitrogen and oxygen atoms in total. The number of piperidine rings is 1. The Morgan fingerprint density at radius 2 is 1.62 bits per heavy atom. The number of fused-ring (bicyclic) bond motifs is 1. The smallest absolute Gasteiger partial charge is 0.225 e. The predicted molar refractivity (Wildman–Crippen MR) is 124 cm³/mol. The normalized spacial score (nSPS) is 21.4. The van der Waals surface area contributed by atoms with E-state index in [1.165, 1.54) is 36.4 Å². The lowest BCUT2D eigenvalue weighted by atomic mass is 10.0. The van der Waals surface area contributed by atoms with E-state index >= 15 is 0 Å². The summed E-state index contributed by atoms with van der Waals surface area (Å²) in [7, 11) is -3.38. The molecular formula is C25H25F2N3O3S. The molecule has 178 valence electrons. The zero-order valence-corrected chi connectivity index (χ0v) is 19.7. The van der Waals surface area contributed by atoms with E-state index in [1.807, 2.05) is 12.4 Å². The van der Waals surface area contributed by atoms with Crippen LogP contribution >= 0.6 is 0 Å². The Morgan fingerprint density at radius 1 is 1.03 bits per heavy atom. The summed E-state index contributed by atoms with van der Waals surface area (Å²) < 4.78 is 58.4. The topological polar surface area (TPSA) is 72.4 Å². The van der Waals surface area contributed by atoms with Crippen molar-refractivity contribution in [1.82, 2.24) is 9.97 Å². The second-order valence-electron chi connectivity index (χ2n) is 9.01. The van der Waals surface area contributed by atoms with Gasteiger partial charge in [0.25, 0.3) is 0 Å². The van der Waals surface area contributed by atoms with E-state index in [0.717, 1.165) is 37.3 Å². The summed E-state index contributed by atoms with van der Waals surface area (Å²) in [5.74, 6) is 0.670. The van der Waals surface area contributed by atoms with Crippen LogP contribution in [0.1, 0.15) is 12.5 Å². The van der Waals surface area contributed by atoms with Crippen LogP contribution in [0.25, 0.3) is 11.1 Å². The van der Waals surface area contributed by atoms with E-state index < -0.39 is 21.5 Å². The maximum absolute atomic E-state index is 14.7. The largest absolute Gasteiger partial charge is 0.493 e. The molecule has 1 aliphatic heterocycles. The molecule has 1 aliphatic carbocycles. The number of halogens is 2. The highest BCUT2D eigenvalue weighted by Crippen LogP contribution is 2.52. The lowest BCUT2D eigenvalue weighted by Gasteiger charge is -2.20. The molecule has 0 spiro atoms. The van der Waals surface area contributed by atoms with Gasteiger partial charge in [-0.2, -0.15) is 0 Å². The fourth-order valence-electron chi connectivity index (χ4n) is 4.72. The number of ether oxygens (including phenoxy) is 1. The van der Waals surface area contributed by atoms with E-state index in [1.54, 1.807) is 0 Å². The number of nitrogens with zero attached hydrogens (tertiary/aromatic N) is 3. The van der Waals surface area contributed by atoms with Gasteiger partial charge >= 0.3 is 0 Å². The molecule has 2 heterocycles. The van der Waals surface area contributed by atoms with Crippen LogP contribution in [0.3, 0.4) is 0 Å². The molecule has 1 saturated carbocycles. The van der Waals surface area contributed by atoms with E-state index in [2.05, 4.69) is 21.8 Å². The van der Waals surface area contributed by atoms with Crippen LogP contribution in [-0.4, -0.2) is 44.3 Å². The first kappa shape index (κ1) is 22.7. The summed E-state index contributed by atoms with van der Waals surface area (Å²) in [5, 5.41) is 0. The van der Waals surface area contributed by atoms with Gasteiger partial charge in [-0.15, -0.1) is 0 Å². The molecule has 3 aromatic rings. The van der Waals surface area contributed by atoms with Crippen molar-refractivity contribution in [3.63, 3.8) is 0 Å². The highest BCUT2D eigenvalue weighted by Gasteiger charge is 2.56. The Balaban J connectivity index is 1.20. The first-order chi connectivity index (χ1) is 16.2. The predicted octanol–water partition coefficient (Wildman–Crippen LogP) is 4.15. The second kappa shape index (κ2) is 8.61. The molecular weight excluding hydrogens is 460 g/mol. The number of aryl methyl sites for hydroxylation is 1. The van der Waals surface area contributed by atoms with E-state index in [9.17, 15) is 17.2 Å². The molecule has 34 heavy (non-hydrogen) atoms. The van der Waals surface area contributed by atoms with Crippen LogP contribution < -0.4 is 9.64 Å². The van der Waals surface area contributed by atoms with Crippen molar-refractivity contribution in [2.45, 2.75) is 18.2 Å². The van der Waals surface area contributed by atoms with Gasteiger partial charge in [0.15, 0.2) is 9.84 Å². The Kier molecular flexibility index (Phi) is 5.75. The average molecular weight is 486 g/mol. The number of sulfone groups is 1. The lowest BCUT2D eigenvalue weighted by molar-refractivity contribution is 0.280. The van der Waals surface area contributed by atoms with Gasteiger partial charge in [-0.3, -0.25) is 0 Å². The minimum absolute atomic E-state index is 0.0927. The van der Waals surface area contributed by atoms with Gasteiger partial charge < -0.3 is 9.64 Å². The maximum Gasteiger partial charge on any atom is 0.225 e. The summed E-state index contributed by atoms with van der Waals surface area (Å²) in [4.78, 5) is 11.2. The third kappa shape index (κ3) is 4.36. The fraction of sp³-hybridized carbons (Fsp3) is 0.360. The zero-order valence-electron chi connectivity index (χ0n) is 18.9. The van der Waals surface area contributed by atoms with Crippen LogP contribution in [-0.2, 0) is 16.3 Å². The highest BCUT2D eigenvalue weighted by atomic mass is 32.2. The molecule has 5 rings (SSSR count). The van der Waals surface area contributed by atoms with Gasteiger partial charge in [-0.25, -0.2) is 27.2 Å². The molecule has 2 aliphatic rings. The van der Waals surface area contributed by atoms with E-state index in [4.69, 9.17) is 4.74 Å². The van der Waals surface area contributed by atoms with Crippen molar-refractivity contribution in [2.24, 2.45) is 17.8 Å². The lowest BCUT2D eigenvalue weighted by Crippen LogP contribution is -2.27. The summed E-state index contributed by atoms with van der Waals surface area (Å²) in [6.07, 6.45) is 5.71. The molecule has 0 radical (unpaired) electrons. The third-order valence-electron chi connectivity index (χ3n) is 6.78. The van der Waals surface area contributed by atoms with Crippen LogP contribution in [0.5, 0.6) is 5.75 Å².